The second-order valence-electron chi connectivity index (χ2n) is 3.83. The maximum Gasteiger partial charge on any atom is 0.101 e. The van der Waals surface area contributed by atoms with Gasteiger partial charge in [-0.15, -0.1) is 11.3 Å². The van der Waals surface area contributed by atoms with Gasteiger partial charge in [-0.1, -0.05) is 11.6 Å². The zero-order valence-electron chi connectivity index (χ0n) is 9.32. The molecule has 0 aliphatic rings. The number of hydrogen-bond acceptors (Lipinski definition) is 4. The Morgan fingerprint density at radius 2 is 2.25 bits per heavy atom. The van der Waals surface area contributed by atoms with Crippen LogP contribution in [0.3, 0.4) is 0 Å². The molecule has 0 aliphatic heterocycles. The van der Waals surface area contributed by atoms with Crippen molar-refractivity contribution in [2.75, 3.05) is 13.2 Å². The first kappa shape index (κ1) is 13.9. The van der Waals surface area contributed by atoms with Crippen molar-refractivity contribution in [3.63, 3.8) is 0 Å². The van der Waals surface area contributed by atoms with Gasteiger partial charge in [-0.3, -0.25) is 0 Å². The van der Waals surface area contributed by atoms with E-state index in [1.807, 2.05) is 13.0 Å². The highest BCUT2D eigenvalue weighted by Gasteiger charge is 2.11. The highest BCUT2D eigenvalue weighted by molar-refractivity contribution is 7.16. The summed E-state index contributed by atoms with van der Waals surface area (Å²) < 4.78 is 0.697. The Balaban J connectivity index is 2.27. The van der Waals surface area contributed by atoms with E-state index >= 15 is 0 Å². The largest absolute Gasteiger partial charge is 0.396 e. The molecule has 1 heterocycles. The Bertz CT molecular complexity index is 306. The van der Waals surface area contributed by atoms with Crippen LogP contribution in [0.25, 0.3) is 0 Å². The van der Waals surface area contributed by atoms with Gasteiger partial charge in [0.25, 0.3) is 0 Å². The van der Waals surface area contributed by atoms with Crippen molar-refractivity contribution in [2.45, 2.75) is 31.9 Å². The zero-order chi connectivity index (χ0) is 12.0. The molecule has 0 amide bonds. The van der Waals surface area contributed by atoms with Crippen molar-refractivity contribution in [3.05, 3.63) is 21.3 Å². The Morgan fingerprint density at radius 1 is 1.50 bits per heavy atom. The van der Waals surface area contributed by atoms with E-state index in [4.69, 9.17) is 16.7 Å². The standard InChI is InChI=1S/C11H18ClNO2S/c1-8(3-2-6-14)13-7-9(15)10-4-5-11(12)16-10/h4-5,8-9,13-15H,2-3,6-7H2,1H3. The lowest BCUT2D eigenvalue weighted by atomic mass is 10.2. The van der Waals surface area contributed by atoms with Gasteiger partial charge in [0.2, 0.25) is 0 Å². The summed E-state index contributed by atoms with van der Waals surface area (Å²) in [6.07, 6.45) is 1.19. The molecule has 2 atom stereocenters. The fraction of sp³-hybridized carbons (Fsp3) is 0.636. The molecule has 1 aromatic heterocycles. The van der Waals surface area contributed by atoms with Crippen LogP contribution in [0.4, 0.5) is 0 Å². The van der Waals surface area contributed by atoms with Crippen molar-refractivity contribution in [1.82, 2.24) is 5.32 Å². The fourth-order valence-electron chi connectivity index (χ4n) is 1.42. The molecule has 0 bridgehead atoms. The van der Waals surface area contributed by atoms with Crippen LogP contribution >= 0.6 is 22.9 Å². The van der Waals surface area contributed by atoms with E-state index in [9.17, 15) is 5.11 Å². The number of nitrogens with one attached hydrogen (secondary N) is 1. The van der Waals surface area contributed by atoms with Gasteiger partial charge in [-0.2, -0.15) is 0 Å². The number of rotatable bonds is 7. The average molecular weight is 264 g/mol. The summed E-state index contributed by atoms with van der Waals surface area (Å²) in [5.41, 5.74) is 0. The van der Waals surface area contributed by atoms with Crippen molar-refractivity contribution in [3.8, 4) is 0 Å². The Morgan fingerprint density at radius 3 is 2.81 bits per heavy atom. The molecule has 0 saturated heterocycles. The smallest absolute Gasteiger partial charge is 0.101 e. The molecular weight excluding hydrogens is 246 g/mol. The van der Waals surface area contributed by atoms with Gasteiger partial charge in [0.1, 0.15) is 6.10 Å². The van der Waals surface area contributed by atoms with E-state index in [2.05, 4.69) is 5.32 Å². The van der Waals surface area contributed by atoms with Crippen LogP contribution in [0, 0.1) is 0 Å². The number of hydrogen-bond donors (Lipinski definition) is 3. The van der Waals surface area contributed by atoms with Gasteiger partial charge in [0.15, 0.2) is 0 Å². The van der Waals surface area contributed by atoms with Crippen molar-refractivity contribution in [1.29, 1.82) is 0 Å². The fourth-order valence-corrected chi connectivity index (χ4v) is 2.47. The van der Waals surface area contributed by atoms with Crippen LogP contribution in [0.5, 0.6) is 0 Å². The molecular formula is C11H18ClNO2S. The monoisotopic (exact) mass is 263 g/mol. The summed E-state index contributed by atoms with van der Waals surface area (Å²) in [7, 11) is 0. The summed E-state index contributed by atoms with van der Waals surface area (Å²) in [6, 6.07) is 3.94. The summed E-state index contributed by atoms with van der Waals surface area (Å²) in [4.78, 5) is 0.881. The first-order valence-corrected chi connectivity index (χ1v) is 6.60. The minimum atomic E-state index is -0.505. The van der Waals surface area contributed by atoms with E-state index in [1.165, 1.54) is 11.3 Å². The van der Waals surface area contributed by atoms with Crippen LogP contribution in [0.1, 0.15) is 30.7 Å². The van der Waals surface area contributed by atoms with Gasteiger partial charge in [-0.25, -0.2) is 0 Å². The molecule has 3 nitrogen and oxygen atoms in total. The summed E-state index contributed by atoms with van der Waals surface area (Å²) in [6.45, 7) is 2.78. The zero-order valence-corrected chi connectivity index (χ0v) is 10.9. The molecule has 3 N–H and O–H groups in total. The van der Waals surface area contributed by atoms with E-state index in [1.54, 1.807) is 6.07 Å². The van der Waals surface area contributed by atoms with E-state index in [0.717, 1.165) is 17.7 Å². The maximum absolute atomic E-state index is 9.85. The lowest BCUT2D eigenvalue weighted by Gasteiger charge is -2.15. The van der Waals surface area contributed by atoms with Crippen molar-refractivity contribution in [2.24, 2.45) is 0 Å². The van der Waals surface area contributed by atoms with Crippen LogP contribution in [0.15, 0.2) is 12.1 Å². The first-order valence-electron chi connectivity index (χ1n) is 5.41. The van der Waals surface area contributed by atoms with E-state index < -0.39 is 6.10 Å². The third-order valence-electron chi connectivity index (χ3n) is 2.38. The maximum atomic E-state index is 9.85. The number of thiophene rings is 1. The first-order chi connectivity index (χ1) is 7.63. The molecule has 92 valence electrons. The molecule has 0 aliphatic carbocycles. The molecule has 0 spiro atoms. The van der Waals surface area contributed by atoms with Crippen LogP contribution < -0.4 is 5.32 Å². The average Bonchev–Trinajstić information content (AvgIpc) is 2.69. The Kier molecular flexibility index (Phi) is 6.31. The van der Waals surface area contributed by atoms with E-state index in [-0.39, 0.29) is 6.61 Å². The quantitative estimate of drug-likeness (QED) is 0.707. The topological polar surface area (TPSA) is 52.5 Å². The lowest BCUT2D eigenvalue weighted by molar-refractivity contribution is 0.172. The minimum Gasteiger partial charge on any atom is -0.396 e. The SMILES string of the molecule is CC(CCCO)NCC(O)c1ccc(Cl)s1. The predicted octanol–water partition coefficient (Wildman–Crippen LogP) is 2.19. The molecule has 0 saturated carbocycles. The highest BCUT2D eigenvalue weighted by Crippen LogP contribution is 2.26. The van der Waals surface area contributed by atoms with Crippen molar-refractivity contribution >= 4 is 22.9 Å². The normalized spacial score (nSPS) is 15.0. The van der Waals surface area contributed by atoms with Crippen molar-refractivity contribution < 1.29 is 10.2 Å². The second-order valence-corrected chi connectivity index (χ2v) is 5.58. The third kappa shape index (κ3) is 4.80. The second kappa shape index (κ2) is 7.25. The van der Waals surface area contributed by atoms with Gasteiger partial charge in [-0.05, 0) is 31.9 Å². The van der Waals surface area contributed by atoms with Crippen LogP contribution in [-0.2, 0) is 0 Å². The molecule has 2 unspecified atom stereocenters. The number of aliphatic hydroxyl groups excluding tert-OH is 2. The highest BCUT2D eigenvalue weighted by atomic mass is 35.5. The molecule has 0 fully saturated rings. The predicted molar refractivity (Wildman–Crippen MR) is 68.1 cm³/mol. The van der Waals surface area contributed by atoms with Gasteiger partial charge in [0, 0.05) is 24.1 Å². The molecule has 5 heteroatoms. The molecule has 0 radical (unpaired) electrons. The van der Waals surface area contributed by atoms with Gasteiger partial charge < -0.3 is 15.5 Å². The Hall–Kier alpha value is -0.130. The minimum absolute atomic E-state index is 0.217. The van der Waals surface area contributed by atoms with Crippen LogP contribution in [0.2, 0.25) is 4.34 Å². The number of halogens is 1. The van der Waals surface area contributed by atoms with Crippen LogP contribution in [-0.4, -0.2) is 29.4 Å². The van der Waals surface area contributed by atoms with Gasteiger partial charge >= 0.3 is 0 Å². The van der Waals surface area contributed by atoms with E-state index in [0.29, 0.717) is 16.9 Å². The summed E-state index contributed by atoms with van der Waals surface area (Å²) in [5, 5.41) is 21.8. The third-order valence-corrected chi connectivity index (χ3v) is 3.71. The summed E-state index contributed by atoms with van der Waals surface area (Å²) >= 11 is 7.20. The molecule has 1 rings (SSSR count). The molecule has 0 aromatic carbocycles. The lowest BCUT2D eigenvalue weighted by Crippen LogP contribution is -2.30. The number of aliphatic hydroxyl groups is 2. The summed E-state index contributed by atoms with van der Waals surface area (Å²) in [5.74, 6) is 0. The molecule has 1 aromatic rings. The Labute approximate surface area is 105 Å². The molecule has 16 heavy (non-hydrogen) atoms. The van der Waals surface area contributed by atoms with Gasteiger partial charge in [0.05, 0.1) is 4.34 Å².